The Balaban J connectivity index is 2.27. The Morgan fingerprint density at radius 1 is 1.53 bits per heavy atom. The third-order valence-electron chi connectivity index (χ3n) is 2.94. The summed E-state index contributed by atoms with van der Waals surface area (Å²) >= 11 is 0. The van der Waals surface area contributed by atoms with Crippen molar-refractivity contribution in [3.63, 3.8) is 0 Å². The lowest BCUT2D eigenvalue weighted by atomic mass is 9.94. The molecule has 2 rings (SSSR count). The van der Waals surface area contributed by atoms with Gasteiger partial charge in [-0.3, -0.25) is 4.55 Å². The summed E-state index contributed by atoms with van der Waals surface area (Å²) in [5, 5.41) is 0. The van der Waals surface area contributed by atoms with Crippen LogP contribution < -0.4 is 0 Å². The van der Waals surface area contributed by atoms with Crippen LogP contribution in [0, 0.1) is 12.8 Å². The maximum atomic E-state index is 12.9. The minimum atomic E-state index is -4.21. The normalized spacial score (nSPS) is 24.4. The molecule has 1 heterocycles. The Kier molecular flexibility index (Phi) is 3.20. The molecule has 1 fully saturated rings. The molecule has 1 N–H and O–H groups in total. The highest BCUT2D eigenvalue weighted by atomic mass is 32.2. The standard InChI is InChI=1S/C11H13FO4S/c1-7-2-3-10(17(13,14)15)5-8(7)4-9-6-16-11(9)12/h2-3,5,9,11H,4,6H2,1H3,(H,13,14,15). The van der Waals surface area contributed by atoms with Gasteiger partial charge in [0.05, 0.1) is 11.5 Å². The van der Waals surface area contributed by atoms with Crippen LogP contribution in [0.4, 0.5) is 4.39 Å². The average molecular weight is 260 g/mol. The van der Waals surface area contributed by atoms with Gasteiger partial charge in [0.25, 0.3) is 10.1 Å². The van der Waals surface area contributed by atoms with E-state index < -0.39 is 16.5 Å². The molecule has 4 nitrogen and oxygen atoms in total. The van der Waals surface area contributed by atoms with Crippen LogP contribution in [0.15, 0.2) is 23.1 Å². The lowest BCUT2D eigenvalue weighted by Gasteiger charge is -2.31. The molecule has 0 aliphatic carbocycles. The molecule has 0 saturated carbocycles. The van der Waals surface area contributed by atoms with Gasteiger partial charge in [0.2, 0.25) is 6.36 Å². The van der Waals surface area contributed by atoms with E-state index in [1.54, 1.807) is 6.07 Å². The minimum Gasteiger partial charge on any atom is -0.347 e. The fourth-order valence-corrected chi connectivity index (χ4v) is 2.30. The summed E-state index contributed by atoms with van der Waals surface area (Å²) in [5.41, 5.74) is 1.59. The second-order valence-electron chi connectivity index (χ2n) is 4.21. The second-order valence-corrected chi connectivity index (χ2v) is 5.63. The third kappa shape index (κ3) is 2.65. The Hall–Kier alpha value is -0.980. The molecule has 6 heteroatoms. The van der Waals surface area contributed by atoms with E-state index in [1.165, 1.54) is 12.1 Å². The molecular formula is C11H13FO4S. The van der Waals surface area contributed by atoms with Crippen LogP contribution in [-0.2, 0) is 21.3 Å². The Morgan fingerprint density at radius 3 is 2.71 bits per heavy atom. The molecule has 2 atom stereocenters. The fourth-order valence-electron chi connectivity index (χ4n) is 1.77. The first-order valence-corrected chi connectivity index (χ1v) is 6.64. The smallest absolute Gasteiger partial charge is 0.294 e. The predicted octanol–water partition coefficient (Wildman–Crippen LogP) is 1.73. The van der Waals surface area contributed by atoms with Gasteiger partial charge in [-0.15, -0.1) is 0 Å². The number of ether oxygens (including phenoxy) is 1. The first kappa shape index (κ1) is 12.5. The van der Waals surface area contributed by atoms with E-state index in [0.717, 1.165) is 11.1 Å². The van der Waals surface area contributed by atoms with Crippen LogP contribution in [0.1, 0.15) is 11.1 Å². The highest BCUT2D eigenvalue weighted by molar-refractivity contribution is 7.85. The summed E-state index contributed by atoms with van der Waals surface area (Å²) in [6, 6.07) is 4.32. The van der Waals surface area contributed by atoms with Gasteiger partial charge in [-0.1, -0.05) is 6.07 Å². The molecule has 1 aliphatic heterocycles. The van der Waals surface area contributed by atoms with Crippen molar-refractivity contribution >= 4 is 10.1 Å². The minimum absolute atomic E-state index is 0.159. The zero-order chi connectivity index (χ0) is 12.6. The molecule has 0 aromatic heterocycles. The van der Waals surface area contributed by atoms with E-state index in [1.807, 2.05) is 6.92 Å². The Labute approximate surface area is 99.2 Å². The second kappa shape index (κ2) is 4.36. The van der Waals surface area contributed by atoms with Gasteiger partial charge >= 0.3 is 0 Å². The summed E-state index contributed by atoms with van der Waals surface area (Å²) in [6.07, 6.45) is -0.861. The van der Waals surface area contributed by atoms with Gasteiger partial charge in [-0.25, -0.2) is 4.39 Å². The number of hydrogen-bond acceptors (Lipinski definition) is 3. The highest BCUT2D eigenvalue weighted by Crippen LogP contribution is 2.27. The predicted molar refractivity (Wildman–Crippen MR) is 59.0 cm³/mol. The van der Waals surface area contributed by atoms with E-state index in [4.69, 9.17) is 4.55 Å². The molecule has 1 saturated heterocycles. The van der Waals surface area contributed by atoms with Gasteiger partial charge in [0.1, 0.15) is 0 Å². The largest absolute Gasteiger partial charge is 0.347 e. The number of hydrogen-bond donors (Lipinski definition) is 1. The van der Waals surface area contributed by atoms with Crippen LogP contribution in [0.2, 0.25) is 0 Å². The van der Waals surface area contributed by atoms with Gasteiger partial charge in [0.15, 0.2) is 0 Å². The van der Waals surface area contributed by atoms with E-state index >= 15 is 0 Å². The zero-order valence-corrected chi connectivity index (χ0v) is 10.1. The monoisotopic (exact) mass is 260 g/mol. The molecule has 0 amide bonds. The van der Waals surface area contributed by atoms with Crippen molar-refractivity contribution in [1.29, 1.82) is 0 Å². The van der Waals surface area contributed by atoms with Crippen LogP contribution in [-0.4, -0.2) is 25.9 Å². The molecule has 2 unspecified atom stereocenters. The quantitative estimate of drug-likeness (QED) is 0.841. The molecule has 94 valence electrons. The van der Waals surface area contributed by atoms with Gasteiger partial charge in [-0.2, -0.15) is 8.42 Å². The van der Waals surface area contributed by atoms with Crippen LogP contribution in [0.25, 0.3) is 0 Å². The Morgan fingerprint density at radius 2 is 2.24 bits per heavy atom. The van der Waals surface area contributed by atoms with Gasteiger partial charge < -0.3 is 4.74 Å². The summed E-state index contributed by atoms with van der Waals surface area (Å²) in [7, 11) is -4.21. The summed E-state index contributed by atoms with van der Waals surface area (Å²) in [4.78, 5) is -0.159. The van der Waals surface area contributed by atoms with Crippen molar-refractivity contribution in [2.75, 3.05) is 6.61 Å². The summed E-state index contributed by atoms with van der Waals surface area (Å²) in [5.74, 6) is -0.231. The van der Waals surface area contributed by atoms with Crippen molar-refractivity contribution in [3.05, 3.63) is 29.3 Å². The first-order valence-electron chi connectivity index (χ1n) is 5.20. The first-order chi connectivity index (χ1) is 7.88. The van der Waals surface area contributed by atoms with Crippen molar-refractivity contribution in [1.82, 2.24) is 0 Å². The molecule has 0 spiro atoms. The lowest BCUT2D eigenvalue weighted by molar-refractivity contribution is -0.186. The van der Waals surface area contributed by atoms with E-state index in [-0.39, 0.29) is 10.8 Å². The number of rotatable bonds is 3. The van der Waals surface area contributed by atoms with Crippen LogP contribution in [0.5, 0.6) is 0 Å². The van der Waals surface area contributed by atoms with E-state index in [9.17, 15) is 12.8 Å². The molecule has 0 radical (unpaired) electrons. The van der Waals surface area contributed by atoms with Gasteiger partial charge in [-0.05, 0) is 36.6 Å². The summed E-state index contributed by atoms with van der Waals surface area (Å²) < 4.78 is 48.5. The lowest BCUT2D eigenvalue weighted by Crippen LogP contribution is -2.37. The molecule has 0 bridgehead atoms. The fraction of sp³-hybridized carbons (Fsp3) is 0.455. The summed E-state index contributed by atoms with van der Waals surface area (Å²) in [6.45, 7) is 2.16. The maximum Gasteiger partial charge on any atom is 0.294 e. The van der Waals surface area contributed by atoms with Crippen molar-refractivity contribution in [2.45, 2.75) is 24.6 Å². The van der Waals surface area contributed by atoms with E-state index in [0.29, 0.717) is 13.0 Å². The maximum absolute atomic E-state index is 12.9. The topological polar surface area (TPSA) is 63.6 Å². The van der Waals surface area contributed by atoms with Crippen LogP contribution in [0.3, 0.4) is 0 Å². The molecule has 17 heavy (non-hydrogen) atoms. The van der Waals surface area contributed by atoms with Gasteiger partial charge in [0, 0.05) is 5.92 Å². The molecule has 1 aromatic carbocycles. The van der Waals surface area contributed by atoms with E-state index in [2.05, 4.69) is 4.74 Å². The van der Waals surface area contributed by atoms with Crippen LogP contribution >= 0.6 is 0 Å². The zero-order valence-electron chi connectivity index (χ0n) is 9.26. The number of alkyl halides is 1. The SMILES string of the molecule is Cc1ccc(S(=O)(=O)O)cc1CC1COC1F. The number of benzene rings is 1. The van der Waals surface area contributed by atoms with Crippen molar-refractivity contribution in [2.24, 2.45) is 5.92 Å². The molecule has 1 aliphatic rings. The molecular weight excluding hydrogens is 247 g/mol. The highest BCUT2D eigenvalue weighted by Gasteiger charge is 2.32. The number of aryl methyl sites for hydroxylation is 1. The van der Waals surface area contributed by atoms with Crippen molar-refractivity contribution in [3.8, 4) is 0 Å². The number of halogens is 1. The molecule has 1 aromatic rings. The third-order valence-corrected chi connectivity index (χ3v) is 3.79. The Bertz CT molecular complexity index is 526. The van der Waals surface area contributed by atoms with Crippen molar-refractivity contribution < 1.29 is 22.1 Å². The average Bonchev–Trinajstić information content (AvgIpc) is 2.24.